The lowest BCUT2D eigenvalue weighted by Gasteiger charge is -2.21. The Labute approximate surface area is 145 Å². The van der Waals surface area contributed by atoms with E-state index in [0.29, 0.717) is 36.2 Å². The summed E-state index contributed by atoms with van der Waals surface area (Å²) in [6.07, 6.45) is 1.57. The molecule has 0 unspecified atom stereocenters. The van der Waals surface area contributed by atoms with Gasteiger partial charge in [0.2, 0.25) is 0 Å². The minimum Gasteiger partial charge on any atom is -0.332 e. The molecule has 2 amide bonds. The number of benzene rings is 1. The Bertz CT molecular complexity index is 830. The van der Waals surface area contributed by atoms with E-state index < -0.39 is 0 Å². The van der Waals surface area contributed by atoms with Gasteiger partial charge < -0.3 is 14.7 Å². The summed E-state index contributed by atoms with van der Waals surface area (Å²) in [4.78, 5) is 22.6. The lowest BCUT2D eigenvalue weighted by Crippen LogP contribution is -2.34. The van der Waals surface area contributed by atoms with E-state index in [2.05, 4.69) is 20.4 Å². The first-order valence-electron chi connectivity index (χ1n) is 8.02. The zero-order valence-electron chi connectivity index (χ0n) is 14.1. The molecular formula is C18H19N5O2. The molecule has 7 nitrogen and oxygen atoms in total. The van der Waals surface area contributed by atoms with Gasteiger partial charge in [-0.05, 0) is 31.5 Å². The number of amides is 2. The Morgan fingerprint density at radius 3 is 2.60 bits per heavy atom. The molecule has 0 aliphatic rings. The van der Waals surface area contributed by atoms with E-state index in [1.807, 2.05) is 37.3 Å². The Hall–Kier alpha value is -3.22. The van der Waals surface area contributed by atoms with Crippen molar-refractivity contribution in [2.45, 2.75) is 20.4 Å². The highest BCUT2D eigenvalue weighted by Crippen LogP contribution is 2.17. The van der Waals surface area contributed by atoms with Gasteiger partial charge in [0.1, 0.15) is 5.69 Å². The Balaban J connectivity index is 1.65. The Morgan fingerprint density at radius 1 is 1.20 bits per heavy atom. The lowest BCUT2D eigenvalue weighted by molar-refractivity contribution is 0.212. The molecule has 0 radical (unpaired) electrons. The molecule has 1 N–H and O–H groups in total. The average molecular weight is 337 g/mol. The molecular weight excluding hydrogens is 318 g/mol. The number of carbonyl (C=O) groups is 1. The van der Waals surface area contributed by atoms with Crippen LogP contribution in [0.2, 0.25) is 0 Å². The fourth-order valence-corrected chi connectivity index (χ4v) is 2.33. The monoisotopic (exact) mass is 337 g/mol. The zero-order valence-corrected chi connectivity index (χ0v) is 14.1. The number of nitrogens with one attached hydrogen (secondary N) is 1. The second kappa shape index (κ2) is 7.57. The number of urea groups is 1. The molecule has 1 aromatic carbocycles. The van der Waals surface area contributed by atoms with Gasteiger partial charge in [0, 0.05) is 13.1 Å². The minimum atomic E-state index is -0.172. The SMILES string of the molecule is CCN(Cc1ccccc1)C(=O)Nc1ccc(-c2nc(C)no2)nc1. The van der Waals surface area contributed by atoms with Gasteiger partial charge in [-0.3, -0.25) is 0 Å². The summed E-state index contributed by atoms with van der Waals surface area (Å²) >= 11 is 0. The summed E-state index contributed by atoms with van der Waals surface area (Å²) in [7, 11) is 0. The largest absolute Gasteiger partial charge is 0.332 e. The molecule has 2 aromatic heterocycles. The van der Waals surface area contributed by atoms with Crippen LogP contribution >= 0.6 is 0 Å². The van der Waals surface area contributed by atoms with Crippen LogP contribution in [-0.2, 0) is 6.54 Å². The summed E-state index contributed by atoms with van der Waals surface area (Å²) in [5.41, 5.74) is 2.26. The number of carbonyl (C=O) groups excluding carboxylic acids is 1. The standard InChI is InChI=1S/C18H19N5O2/c1-3-23(12-14-7-5-4-6-8-14)18(24)21-15-9-10-16(19-11-15)17-20-13(2)22-25-17/h4-11H,3,12H2,1-2H3,(H,21,24). The first-order valence-corrected chi connectivity index (χ1v) is 8.02. The van der Waals surface area contributed by atoms with Gasteiger partial charge >= 0.3 is 6.03 Å². The van der Waals surface area contributed by atoms with Crippen molar-refractivity contribution in [3.8, 4) is 11.6 Å². The van der Waals surface area contributed by atoms with Crippen LogP contribution in [-0.4, -0.2) is 32.6 Å². The van der Waals surface area contributed by atoms with E-state index in [1.54, 1.807) is 30.2 Å². The maximum Gasteiger partial charge on any atom is 0.322 e. The summed E-state index contributed by atoms with van der Waals surface area (Å²) in [5.74, 6) is 0.906. The number of hydrogen-bond acceptors (Lipinski definition) is 5. The molecule has 2 heterocycles. The molecule has 0 aliphatic carbocycles. The smallest absolute Gasteiger partial charge is 0.322 e. The van der Waals surface area contributed by atoms with Crippen LogP contribution in [0.25, 0.3) is 11.6 Å². The number of aromatic nitrogens is 3. The summed E-state index contributed by atoms with van der Waals surface area (Å²) < 4.78 is 5.07. The highest BCUT2D eigenvalue weighted by atomic mass is 16.5. The van der Waals surface area contributed by atoms with Crippen molar-refractivity contribution in [3.63, 3.8) is 0 Å². The Morgan fingerprint density at radius 2 is 2.00 bits per heavy atom. The van der Waals surface area contributed by atoms with Crippen LogP contribution in [0.1, 0.15) is 18.3 Å². The molecule has 0 saturated carbocycles. The van der Waals surface area contributed by atoms with E-state index in [0.717, 1.165) is 5.56 Å². The third kappa shape index (κ3) is 4.20. The molecule has 3 aromatic rings. The van der Waals surface area contributed by atoms with Gasteiger partial charge in [-0.1, -0.05) is 35.5 Å². The van der Waals surface area contributed by atoms with Crippen LogP contribution in [0.15, 0.2) is 53.2 Å². The molecule has 0 aliphatic heterocycles. The van der Waals surface area contributed by atoms with Crippen molar-refractivity contribution in [1.29, 1.82) is 0 Å². The van der Waals surface area contributed by atoms with Crippen LogP contribution in [0, 0.1) is 6.92 Å². The highest BCUT2D eigenvalue weighted by molar-refractivity contribution is 5.89. The van der Waals surface area contributed by atoms with E-state index in [4.69, 9.17) is 4.52 Å². The quantitative estimate of drug-likeness (QED) is 0.770. The van der Waals surface area contributed by atoms with Crippen LogP contribution in [0.4, 0.5) is 10.5 Å². The van der Waals surface area contributed by atoms with Crippen molar-refractivity contribution in [2.24, 2.45) is 0 Å². The van der Waals surface area contributed by atoms with Crippen molar-refractivity contribution >= 4 is 11.7 Å². The fourth-order valence-electron chi connectivity index (χ4n) is 2.33. The topological polar surface area (TPSA) is 84.2 Å². The van der Waals surface area contributed by atoms with Crippen molar-refractivity contribution in [1.82, 2.24) is 20.0 Å². The molecule has 0 fully saturated rings. The summed E-state index contributed by atoms with van der Waals surface area (Å²) in [5, 5.41) is 6.59. The number of anilines is 1. The molecule has 7 heteroatoms. The maximum absolute atomic E-state index is 12.5. The lowest BCUT2D eigenvalue weighted by atomic mass is 10.2. The van der Waals surface area contributed by atoms with E-state index >= 15 is 0 Å². The zero-order chi connectivity index (χ0) is 17.6. The average Bonchev–Trinajstić information content (AvgIpc) is 3.07. The van der Waals surface area contributed by atoms with Gasteiger partial charge in [0.25, 0.3) is 5.89 Å². The highest BCUT2D eigenvalue weighted by Gasteiger charge is 2.13. The number of pyridine rings is 1. The third-order valence-corrected chi connectivity index (χ3v) is 3.65. The number of aryl methyl sites for hydroxylation is 1. The molecule has 25 heavy (non-hydrogen) atoms. The van der Waals surface area contributed by atoms with Crippen LogP contribution in [0.3, 0.4) is 0 Å². The van der Waals surface area contributed by atoms with Gasteiger partial charge in [-0.25, -0.2) is 9.78 Å². The van der Waals surface area contributed by atoms with Crippen molar-refractivity contribution in [2.75, 3.05) is 11.9 Å². The maximum atomic E-state index is 12.5. The van der Waals surface area contributed by atoms with E-state index in [9.17, 15) is 4.79 Å². The molecule has 0 bridgehead atoms. The normalized spacial score (nSPS) is 10.5. The van der Waals surface area contributed by atoms with E-state index in [-0.39, 0.29) is 6.03 Å². The third-order valence-electron chi connectivity index (χ3n) is 3.65. The molecule has 0 atom stereocenters. The van der Waals surface area contributed by atoms with Gasteiger partial charge in [0.15, 0.2) is 5.82 Å². The molecule has 128 valence electrons. The minimum absolute atomic E-state index is 0.172. The second-order valence-corrected chi connectivity index (χ2v) is 5.51. The summed E-state index contributed by atoms with van der Waals surface area (Å²) in [6, 6.07) is 13.2. The van der Waals surface area contributed by atoms with Crippen molar-refractivity contribution in [3.05, 3.63) is 60.0 Å². The van der Waals surface area contributed by atoms with Gasteiger partial charge in [-0.15, -0.1) is 0 Å². The number of rotatable bonds is 5. The first-order chi connectivity index (χ1) is 12.2. The van der Waals surface area contributed by atoms with Gasteiger partial charge in [-0.2, -0.15) is 4.98 Å². The molecule has 3 rings (SSSR count). The molecule has 0 spiro atoms. The first kappa shape index (κ1) is 16.6. The Kier molecular flexibility index (Phi) is 5.03. The van der Waals surface area contributed by atoms with Crippen LogP contribution < -0.4 is 5.32 Å². The van der Waals surface area contributed by atoms with Crippen molar-refractivity contribution < 1.29 is 9.32 Å². The van der Waals surface area contributed by atoms with E-state index in [1.165, 1.54) is 0 Å². The number of nitrogens with zero attached hydrogens (tertiary/aromatic N) is 4. The van der Waals surface area contributed by atoms with Gasteiger partial charge in [0.05, 0.1) is 11.9 Å². The number of hydrogen-bond donors (Lipinski definition) is 1. The fraction of sp³-hybridized carbons (Fsp3) is 0.222. The summed E-state index contributed by atoms with van der Waals surface area (Å²) in [6.45, 7) is 4.85. The predicted octanol–water partition coefficient (Wildman–Crippen LogP) is 3.49. The second-order valence-electron chi connectivity index (χ2n) is 5.51. The molecule has 0 saturated heterocycles. The predicted molar refractivity (Wildman–Crippen MR) is 93.8 cm³/mol. The van der Waals surface area contributed by atoms with Crippen LogP contribution in [0.5, 0.6) is 0 Å².